The van der Waals surface area contributed by atoms with Gasteiger partial charge in [-0.1, -0.05) is 0 Å². The highest BCUT2D eigenvalue weighted by Crippen LogP contribution is 2.32. The number of rotatable bonds is 5. The summed E-state index contributed by atoms with van der Waals surface area (Å²) in [5, 5.41) is 2.77. The number of carbonyl (C=O) groups excluding carboxylic acids is 1. The van der Waals surface area contributed by atoms with Crippen molar-refractivity contribution in [3.8, 4) is 0 Å². The van der Waals surface area contributed by atoms with Crippen LogP contribution in [0.1, 0.15) is 19.8 Å². The molecule has 1 aliphatic carbocycles. The van der Waals surface area contributed by atoms with Crippen molar-refractivity contribution in [3.05, 3.63) is 0 Å². The number of ether oxygens (including phenoxy) is 2. The molecule has 82 valence electrons. The molecule has 5 nitrogen and oxygen atoms in total. The molecular formula is C9H18N2O3. The molecule has 1 aliphatic rings. The van der Waals surface area contributed by atoms with Gasteiger partial charge < -0.3 is 20.5 Å². The van der Waals surface area contributed by atoms with E-state index in [4.69, 9.17) is 15.2 Å². The average Bonchev–Trinajstić information content (AvgIpc) is 2.87. The first-order chi connectivity index (χ1) is 6.53. The molecular weight excluding hydrogens is 184 g/mol. The largest absolute Gasteiger partial charge is 0.354 e. The molecule has 1 fully saturated rings. The molecule has 0 radical (unpaired) electrons. The van der Waals surface area contributed by atoms with E-state index in [2.05, 4.69) is 5.32 Å². The highest BCUT2D eigenvalue weighted by atomic mass is 16.7. The number of nitrogens with one attached hydrogen (secondary N) is 1. The van der Waals surface area contributed by atoms with Gasteiger partial charge in [-0.25, -0.2) is 0 Å². The highest BCUT2D eigenvalue weighted by molar-refractivity contribution is 5.89. The van der Waals surface area contributed by atoms with Gasteiger partial charge in [0.25, 0.3) is 0 Å². The van der Waals surface area contributed by atoms with Gasteiger partial charge in [-0.15, -0.1) is 0 Å². The van der Waals surface area contributed by atoms with Crippen molar-refractivity contribution >= 4 is 5.91 Å². The van der Waals surface area contributed by atoms with Crippen molar-refractivity contribution in [1.82, 2.24) is 5.32 Å². The van der Waals surface area contributed by atoms with Crippen molar-refractivity contribution in [2.24, 2.45) is 5.73 Å². The average molecular weight is 202 g/mol. The van der Waals surface area contributed by atoms with Gasteiger partial charge in [0.15, 0.2) is 6.29 Å². The van der Waals surface area contributed by atoms with Crippen molar-refractivity contribution in [1.29, 1.82) is 0 Å². The predicted molar refractivity (Wildman–Crippen MR) is 51.6 cm³/mol. The molecule has 1 unspecified atom stereocenters. The summed E-state index contributed by atoms with van der Waals surface area (Å²) in [6, 6.07) is -0.196. The third kappa shape index (κ3) is 2.43. The lowest BCUT2D eigenvalue weighted by atomic mass is 10.2. The zero-order chi connectivity index (χ0) is 10.8. The van der Waals surface area contributed by atoms with Crippen LogP contribution in [-0.4, -0.2) is 38.0 Å². The van der Waals surface area contributed by atoms with Gasteiger partial charge in [-0.3, -0.25) is 4.79 Å². The smallest absolute Gasteiger partial charge is 0.240 e. The predicted octanol–water partition coefficient (Wildman–Crippen LogP) is -0.399. The quantitative estimate of drug-likeness (QED) is 0.595. The van der Waals surface area contributed by atoms with Gasteiger partial charge >= 0.3 is 0 Å². The van der Waals surface area contributed by atoms with E-state index < -0.39 is 11.8 Å². The summed E-state index contributed by atoms with van der Waals surface area (Å²) >= 11 is 0. The number of hydrogen-bond donors (Lipinski definition) is 2. The Morgan fingerprint density at radius 3 is 2.29 bits per heavy atom. The molecule has 1 rings (SSSR count). The van der Waals surface area contributed by atoms with Gasteiger partial charge in [-0.2, -0.15) is 0 Å². The van der Waals surface area contributed by atoms with Gasteiger partial charge in [0, 0.05) is 14.2 Å². The van der Waals surface area contributed by atoms with Crippen LogP contribution in [0.25, 0.3) is 0 Å². The van der Waals surface area contributed by atoms with Crippen LogP contribution >= 0.6 is 0 Å². The molecule has 5 heteroatoms. The van der Waals surface area contributed by atoms with E-state index >= 15 is 0 Å². The summed E-state index contributed by atoms with van der Waals surface area (Å²) < 4.78 is 10.0. The van der Waals surface area contributed by atoms with Crippen LogP contribution in [-0.2, 0) is 14.3 Å². The SMILES string of the molecule is COC(OC)C(C)NC(=O)C1(N)CC1. The Hall–Kier alpha value is -0.650. The summed E-state index contributed by atoms with van der Waals surface area (Å²) in [6.45, 7) is 1.82. The van der Waals surface area contributed by atoms with E-state index in [-0.39, 0.29) is 11.9 Å². The molecule has 1 amide bonds. The van der Waals surface area contributed by atoms with Crippen LogP contribution in [0, 0.1) is 0 Å². The molecule has 0 saturated heterocycles. The second-order valence-electron chi connectivity index (χ2n) is 3.76. The van der Waals surface area contributed by atoms with E-state index in [9.17, 15) is 4.79 Å². The summed E-state index contributed by atoms with van der Waals surface area (Å²) in [4.78, 5) is 11.5. The molecule has 0 bridgehead atoms. The topological polar surface area (TPSA) is 73.6 Å². The van der Waals surface area contributed by atoms with E-state index in [1.165, 1.54) is 14.2 Å². The molecule has 0 aromatic carbocycles. The third-order valence-electron chi connectivity index (χ3n) is 2.47. The minimum absolute atomic E-state index is 0.121. The minimum atomic E-state index is -0.639. The first-order valence-electron chi connectivity index (χ1n) is 4.69. The van der Waals surface area contributed by atoms with Crippen LogP contribution in [0.3, 0.4) is 0 Å². The summed E-state index contributed by atoms with van der Waals surface area (Å²) in [5.74, 6) is -0.121. The Morgan fingerprint density at radius 2 is 1.93 bits per heavy atom. The maximum Gasteiger partial charge on any atom is 0.240 e. The Kier molecular flexibility index (Phi) is 3.47. The molecule has 0 aromatic heterocycles. The summed E-state index contributed by atoms with van der Waals surface area (Å²) in [6.07, 6.45) is 1.09. The molecule has 1 atom stereocenters. The van der Waals surface area contributed by atoms with Gasteiger partial charge in [0.1, 0.15) is 0 Å². The Labute approximate surface area is 83.9 Å². The van der Waals surface area contributed by atoms with Crippen molar-refractivity contribution in [2.75, 3.05) is 14.2 Å². The molecule has 0 aliphatic heterocycles. The Morgan fingerprint density at radius 1 is 1.43 bits per heavy atom. The molecule has 1 saturated carbocycles. The van der Waals surface area contributed by atoms with Crippen LogP contribution < -0.4 is 11.1 Å². The van der Waals surface area contributed by atoms with Crippen molar-refractivity contribution in [3.63, 3.8) is 0 Å². The van der Waals surface area contributed by atoms with E-state index in [0.717, 1.165) is 12.8 Å². The lowest BCUT2D eigenvalue weighted by molar-refractivity contribution is -0.137. The number of hydrogen-bond acceptors (Lipinski definition) is 4. The first kappa shape index (κ1) is 11.4. The van der Waals surface area contributed by atoms with Crippen LogP contribution in [0.2, 0.25) is 0 Å². The summed E-state index contributed by atoms with van der Waals surface area (Å²) in [7, 11) is 3.07. The van der Waals surface area contributed by atoms with Gasteiger partial charge in [0.2, 0.25) is 5.91 Å². The molecule has 3 N–H and O–H groups in total. The van der Waals surface area contributed by atoms with E-state index in [1.807, 2.05) is 6.92 Å². The normalized spacial score (nSPS) is 20.6. The Balaban J connectivity index is 2.39. The molecule has 14 heavy (non-hydrogen) atoms. The third-order valence-corrected chi connectivity index (χ3v) is 2.47. The lowest BCUT2D eigenvalue weighted by Crippen LogP contribution is -2.50. The van der Waals surface area contributed by atoms with Crippen LogP contribution in [0.15, 0.2) is 0 Å². The first-order valence-corrected chi connectivity index (χ1v) is 4.69. The number of methoxy groups -OCH3 is 2. The summed E-state index contributed by atoms with van der Waals surface area (Å²) in [5.41, 5.74) is 5.09. The van der Waals surface area contributed by atoms with Crippen molar-refractivity contribution in [2.45, 2.75) is 37.6 Å². The fraction of sp³-hybridized carbons (Fsp3) is 0.889. The van der Waals surface area contributed by atoms with Crippen LogP contribution in [0.5, 0.6) is 0 Å². The minimum Gasteiger partial charge on any atom is -0.354 e. The van der Waals surface area contributed by atoms with E-state index in [0.29, 0.717) is 0 Å². The molecule has 0 aromatic rings. The zero-order valence-corrected chi connectivity index (χ0v) is 8.87. The van der Waals surface area contributed by atoms with Crippen LogP contribution in [0.4, 0.5) is 0 Å². The van der Waals surface area contributed by atoms with Gasteiger partial charge in [-0.05, 0) is 19.8 Å². The second-order valence-corrected chi connectivity index (χ2v) is 3.76. The number of amides is 1. The van der Waals surface area contributed by atoms with Gasteiger partial charge in [0.05, 0.1) is 11.6 Å². The maximum atomic E-state index is 11.5. The standard InChI is InChI=1S/C9H18N2O3/c1-6(7(13-2)14-3)11-8(12)9(10)4-5-9/h6-7H,4-5,10H2,1-3H3,(H,11,12). The van der Waals surface area contributed by atoms with E-state index in [1.54, 1.807) is 0 Å². The molecule has 0 heterocycles. The monoisotopic (exact) mass is 202 g/mol. The highest BCUT2D eigenvalue weighted by Gasteiger charge is 2.46. The fourth-order valence-corrected chi connectivity index (χ4v) is 1.28. The fourth-order valence-electron chi connectivity index (χ4n) is 1.28. The second kappa shape index (κ2) is 4.25. The lowest BCUT2D eigenvalue weighted by Gasteiger charge is -2.23. The number of nitrogens with two attached hydrogens (primary N) is 1. The number of carbonyl (C=O) groups is 1. The van der Waals surface area contributed by atoms with Crippen molar-refractivity contribution < 1.29 is 14.3 Å². The zero-order valence-electron chi connectivity index (χ0n) is 8.87. The Bertz CT molecular complexity index is 212. The maximum absolute atomic E-state index is 11.5. The molecule has 0 spiro atoms.